The molecule has 0 aliphatic heterocycles. The van der Waals surface area contributed by atoms with E-state index in [-0.39, 0.29) is 5.92 Å². The molecule has 0 radical (unpaired) electrons. The highest BCUT2D eigenvalue weighted by Gasteiger charge is 1.99. The van der Waals surface area contributed by atoms with E-state index in [4.69, 9.17) is 5.26 Å². The van der Waals surface area contributed by atoms with Crippen LogP contribution in [-0.4, -0.2) is 5.75 Å². The molecule has 0 saturated carbocycles. The van der Waals surface area contributed by atoms with Gasteiger partial charge in [0.05, 0.1) is 12.0 Å². The van der Waals surface area contributed by atoms with Crippen LogP contribution in [0.3, 0.4) is 0 Å². The maximum Gasteiger partial charge on any atom is 0.0661 e. The summed E-state index contributed by atoms with van der Waals surface area (Å²) in [5, 5.41) is 8.61. The van der Waals surface area contributed by atoms with E-state index < -0.39 is 0 Å². The number of aryl methyl sites for hydroxylation is 1. The number of nitrogens with zero attached hydrogens (tertiary/aromatic N) is 1. The quantitative estimate of drug-likeness (QED) is 0.752. The van der Waals surface area contributed by atoms with Gasteiger partial charge in [-0.15, -0.1) is 0 Å². The van der Waals surface area contributed by atoms with Gasteiger partial charge in [0.1, 0.15) is 0 Å². The fraction of sp³-hybridized carbons (Fsp3) is 0.417. The first-order valence-electron chi connectivity index (χ1n) is 4.75. The molecule has 0 amide bonds. The van der Waals surface area contributed by atoms with Gasteiger partial charge in [-0.1, -0.05) is 29.8 Å². The van der Waals surface area contributed by atoms with Crippen molar-refractivity contribution in [2.24, 2.45) is 5.92 Å². The molecule has 1 nitrogen and oxygen atoms in total. The summed E-state index contributed by atoms with van der Waals surface area (Å²) >= 11 is 1.82. The Morgan fingerprint density at radius 3 is 2.57 bits per heavy atom. The van der Waals surface area contributed by atoms with Crippen molar-refractivity contribution in [1.82, 2.24) is 0 Å². The van der Waals surface area contributed by atoms with Crippen LogP contribution in [0.5, 0.6) is 0 Å². The Morgan fingerprint density at radius 2 is 2.00 bits per heavy atom. The van der Waals surface area contributed by atoms with Crippen molar-refractivity contribution < 1.29 is 0 Å². The van der Waals surface area contributed by atoms with Crippen LogP contribution < -0.4 is 0 Å². The molecule has 1 atom stereocenters. The molecule has 74 valence electrons. The highest BCUT2D eigenvalue weighted by Crippen LogP contribution is 2.15. The van der Waals surface area contributed by atoms with E-state index in [1.807, 2.05) is 18.7 Å². The van der Waals surface area contributed by atoms with Crippen molar-refractivity contribution in [3.8, 4) is 6.07 Å². The average molecular weight is 205 g/mol. The topological polar surface area (TPSA) is 23.8 Å². The Labute approximate surface area is 90.1 Å². The minimum atomic E-state index is 0.158. The predicted molar refractivity (Wildman–Crippen MR) is 62.1 cm³/mol. The van der Waals surface area contributed by atoms with Gasteiger partial charge in [-0.25, -0.2) is 0 Å². The minimum absolute atomic E-state index is 0.158. The van der Waals surface area contributed by atoms with E-state index in [2.05, 4.69) is 37.3 Å². The average Bonchev–Trinajstić information content (AvgIpc) is 2.21. The van der Waals surface area contributed by atoms with E-state index in [0.29, 0.717) is 0 Å². The van der Waals surface area contributed by atoms with Gasteiger partial charge in [0, 0.05) is 11.5 Å². The van der Waals surface area contributed by atoms with Crippen LogP contribution in [0.25, 0.3) is 0 Å². The van der Waals surface area contributed by atoms with E-state index in [1.54, 1.807) is 0 Å². The molecule has 0 fully saturated rings. The smallest absolute Gasteiger partial charge is 0.0661 e. The summed E-state index contributed by atoms with van der Waals surface area (Å²) in [4.78, 5) is 0. The molecule has 0 bridgehead atoms. The largest absolute Gasteiger partial charge is 0.198 e. The number of rotatable bonds is 4. The molecular formula is C12H15NS. The molecule has 0 spiro atoms. The maximum absolute atomic E-state index is 8.61. The summed E-state index contributed by atoms with van der Waals surface area (Å²) in [5.41, 5.74) is 2.63. The highest BCUT2D eigenvalue weighted by molar-refractivity contribution is 7.98. The van der Waals surface area contributed by atoms with E-state index in [9.17, 15) is 0 Å². The lowest BCUT2D eigenvalue weighted by Crippen LogP contribution is -1.94. The summed E-state index contributed by atoms with van der Waals surface area (Å²) in [6.45, 7) is 4.05. The molecule has 1 rings (SSSR count). The summed E-state index contributed by atoms with van der Waals surface area (Å²) in [6, 6.07) is 10.8. The Morgan fingerprint density at radius 1 is 1.36 bits per heavy atom. The monoisotopic (exact) mass is 205 g/mol. The Bertz CT molecular complexity index is 310. The Hall–Kier alpha value is -0.940. The fourth-order valence-corrected chi connectivity index (χ4v) is 2.05. The van der Waals surface area contributed by atoms with Gasteiger partial charge in [-0.05, 0) is 19.4 Å². The molecule has 1 aromatic rings. The molecule has 0 heterocycles. The third kappa shape index (κ3) is 3.85. The van der Waals surface area contributed by atoms with Crippen LogP contribution >= 0.6 is 11.8 Å². The van der Waals surface area contributed by atoms with Crippen molar-refractivity contribution in [1.29, 1.82) is 5.26 Å². The molecule has 0 aliphatic carbocycles. The Kier molecular flexibility index (Phi) is 4.55. The van der Waals surface area contributed by atoms with Gasteiger partial charge in [0.2, 0.25) is 0 Å². The molecule has 0 saturated heterocycles. The predicted octanol–water partition coefficient (Wildman–Crippen LogP) is 3.39. The van der Waals surface area contributed by atoms with E-state index in [1.165, 1.54) is 11.1 Å². The minimum Gasteiger partial charge on any atom is -0.198 e. The van der Waals surface area contributed by atoms with Crippen molar-refractivity contribution in [2.45, 2.75) is 19.6 Å². The van der Waals surface area contributed by atoms with Crippen LogP contribution in [-0.2, 0) is 5.75 Å². The molecule has 1 aromatic carbocycles. The van der Waals surface area contributed by atoms with Gasteiger partial charge in [-0.2, -0.15) is 17.0 Å². The fourth-order valence-electron chi connectivity index (χ4n) is 1.08. The number of thioether (sulfide) groups is 1. The second-order valence-electron chi connectivity index (χ2n) is 3.53. The lowest BCUT2D eigenvalue weighted by Gasteiger charge is -2.03. The maximum atomic E-state index is 8.61. The summed E-state index contributed by atoms with van der Waals surface area (Å²) in [7, 11) is 0. The summed E-state index contributed by atoms with van der Waals surface area (Å²) < 4.78 is 0. The lowest BCUT2D eigenvalue weighted by atomic mass is 10.2. The SMILES string of the molecule is Cc1ccc(CSCC(C)C#N)cc1. The number of nitriles is 1. The lowest BCUT2D eigenvalue weighted by molar-refractivity contribution is 0.864. The van der Waals surface area contributed by atoms with Crippen LogP contribution in [0.15, 0.2) is 24.3 Å². The number of benzene rings is 1. The number of hydrogen-bond donors (Lipinski definition) is 0. The second-order valence-corrected chi connectivity index (χ2v) is 4.56. The third-order valence-electron chi connectivity index (χ3n) is 1.98. The first kappa shape index (κ1) is 11.1. The van der Waals surface area contributed by atoms with Crippen molar-refractivity contribution in [2.75, 3.05) is 5.75 Å². The molecule has 0 aliphatic rings. The number of hydrogen-bond acceptors (Lipinski definition) is 2. The summed E-state index contributed by atoms with van der Waals surface area (Å²) in [5.74, 6) is 2.09. The molecule has 1 unspecified atom stereocenters. The van der Waals surface area contributed by atoms with Gasteiger partial charge in [-0.3, -0.25) is 0 Å². The molecule has 2 heteroatoms. The zero-order valence-corrected chi connectivity index (χ0v) is 9.47. The molecule has 0 N–H and O–H groups in total. The van der Waals surface area contributed by atoms with Gasteiger partial charge < -0.3 is 0 Å². The Balaban J connectivity index is 2.32. The van der Waals surface area contributed by atoms with Crippen LogP contribution in [0.4, 0.5) is 0 Å². The van der Waals surface area contributed by atoms with Crippen molar-refractivity contribution in [3.63, 3.8) is 0 Å². The zero-order valence-electron chi connectivity index (χ0n) is 8.66. The first-order chi connectivity index (χ1) is 6.72. The van der Waals surface area contributed by atoms with E-state index in [0.717, 1.165) is 11.5 Å². The van der Waals surface area contributed by atoms with Crippen molar-refractivity contribution in [3.05, 3.63) is 35.4 Å². The molecular weight excluding hydrogens is 190 g/mol. The van der Waals surface area contributed by atoms with E-state index >= 15 is 0 Å². The van der Waals surface area contributed by atoms with Gasteiger partial charge in [0.15, 0.2) is 0 Å². The highest BCUT2D eigenvalue weighted by atomic mass is 32.2. The standard InChI is InChI=1S/C12H15NS/c1-10-3-5-12(6-4-10)9-14-8-11(2)7-13/h3-6,11H,8-9H2,1-2H3. The second kappa shape index (κ2) is 5.72. The van der Waals surface area contributed by atoms with Crippen LogP contribution in [0.2, 0.25) is 0 Å². The van der Waals surface area contributed by atoms with Gasteiger partial charge >= 0.3 is 0 Å². The normalized spacial score (nSPS) is 12.1. The molecule has 0 aromatic heterocycles. The van der Waals surface area contributed by atoms with Crippen LogP contribution in [0.1, 0.15) is 18.1 Å². The summed E-state index contributed by atoms with van der Waals surface area (Å²) in [6.07, 6.45) is 0. The van der Waals surface area contributed by atoms with Crippen molar-refractivity contribution >= 4 is 11.8 Å². The zero-order chi connectivity index (χ0) is 10.4. The van der Waals surface area contributed by atoms with Gasteiger partial charge in [0.25, 0.3) is 0 Å². The first-order valence-corrected chi connectivity index (χ1v) is 5.90. The third-order valence-corrected chi connectivity index (χ3v) is 3.25. The van der Waals surface area contributed by atoms with Crippen LogP contribution in [0, 0.1) is 24.2 Å². The molecule has 14 heavy (non-hydrogen) atoms.